The van der Waals surface area contributed by atoms with Crippen LogP contribution in [0.5, 0.6) is 0 Å². The zero-order valence-corrected chi connectivity index (χ0v) is 9.95. The van der Waals surface area contributed by atoms with Gasteiger partial charge in [-0.1, -0.05) is 0 Å². The fourth-order valence-electron chi connectivity index (χ4n) is 0.601. The predicted octanol–water partition coefficient (Wildman–Crippen LogP) is -1.47. The van der Waals surface area contributed by atoms with Crippen molar-refractivity contribution in [2.45, 2.75) is 0 Å². The van der Waals surface area contributed by atoms with Crippen molar-refractivity contribution in [1.29, 1.82) is 5.41 Å². The molecule has 0 amide bonds. The third-order valence-electron chi connectivity index (χ3n) is 1.37. The topological polar surface area (TPSA) is 106 Å². The molecule has 0 spiro atoms. The monoisotopic (exact) mass is 239 g/mol. The summed E-state index contributed by atoms with van der Waals surface area (Å²) in [5, 5.41) is 16.6. The van der Waals surface area contributed by atoms with Gasteiger partial charge in [-0.25, -0.2) is 0 Å². The van der Waals surface area contributed by atoms with E-state index in [9.17, 15) is 14.6 Å². The van der Waals surface area contributed by atoms with Gasteiger partial charge in [0.1, 0.15) is 13.2 Å². The van der Waals surface area contributed by atoms with E-state index >= 15 is 0 Å². The van der Waals surface area contributed by atoms with Crippen LogP contribution in [0.3, 0.4) is 0 Å². The van der Waals surface area contributed by atoms with E-state index in [1.54, 1.807) is 0 Å². The minimum Gasteiger partial charge on any atom is -0.861 e. The Labute approximate surface area is 88.9 Å². The van der Waals surface area contributed by atoms with Gasteiger partial charge < -0.3 is 28.9 Å². The van der Waals surface area contributed by atoms with Crippen molar-refractivity contribution in [2.75, 3.05) is 40.9 Å². The minimum absolute atomic E-state index is 0.0174. The van der Waals surface area contributed by atoms with E-state index in [1.165, 1.54) is 0 Å². The number of likely N-dealkylation sites (N-methyl/N-ethyl adjacent to an activating group) is 1. The summed E-state index contributed by atoms with van der Waals surface area (Å²) >= 11 is 0. The van der Waals surface area contributed by atoms with Gasteiger partial charge in [0.05, 0.1) is 27.7 Å². The Bertz CT molecular complexity index is 263. The standard InChI is InChI=1S/C7H17N2O5P/c1-9(2,3)4-5-13-15(11,12)14-6-7(8)10/h4-6H2,1-3H3,(H2-,8,10,11,12)/p-1. The Balaban J connectivity index is 3.84. The van der Waals surface area contributed by atoms with Gasteiger partial charge in [0, 0.05) is 0 Å². The van der Waals surface area contributed by atoms with Crippen LogP contribution in [-0.4, -0.2) is 51.3 Å². The zero-order chi connectivity index (χ0) is 12.1. The molecule has 90 valence electrons. The van der Waals surface area contributed by atoms with Crippen LogP contribution in [0.4, 0.5) is 0 Å². The number of hydrogen-bond acceptors (Lipinski definition) is 6. The molecule has 1 unspecified atom stereocenters. The van der Waals surface area contributed by atoms with Crippen LogP contribution >= 0.6 is 7.82 Å². The molecule has 0 aliphatic rings. The smallest absolute Gasteiger partial charge is 0.268 e. The Morgan fingerprint density at radius 1 is 1.40 bits per heavy atom. The van der Waals surface area contributed by atoms with Crippen LogP contribution in [0.1, 0.15) is 0 Å². The largest absolute Gasteiger partial charge is 0.861 e. The molecule has 0 saturated heterocycles. The van der Waals surface area contributed by atoms with Crippen molar-refractivity contribution in [3.63, 3.8) is 0 Å². The summed E-state index contributed by atoms with van der Waals surface area (Å²) in [5.41, 5.74) is 0. The summed E-state index contributed by atoms with van der Waals surface area (Å²) in [5.74, 6) is -1.11. The van der Waals surface area contributed by atoms with Crippen LogP contribution in [-0.2, 0) is 13.6 Å². The summed E-state index contributed by atoms with van der Waals surface area (Å²) in [6.45, 7) is -0.327. The van der Waals surface area contributed by atoms with Crippen LogP contribution in [0.25, 0.3) is 0 Å². The fourth-order valence-corrected chi connectivity index (χ4v) is 1.26. The molecule has 0 fully saturated rings. The highest BCUT2D eigenvalue weighted by molar-refractivity contribution is 7.45. The molecule has 0 aliphatic carbocycles. The summed E-state index contributed by atoms with van der Waals surface area (Å²) in [6, 6.07) is 0. The molecule has 0 radical (unpaired) electrons. The highest BCUT2D eigenvalue weighted by Crippen LogP contribution is 2.37. The molecule has 0 saturated carbocycles. The van der Waals surface area contributed by atoms with Crippen molar-refractivity contribution >= 4 is 13.7 Å². The van der Waals surface area contributed by atoms with E-state index in [1.807, 2.05) is 21.1 Å². The van der Waals surface area contributed by atoms with Gasteiger partial charge in [-0.05, 0) is 5.90 Å². The second-order valence-electron chi connectivity index (χ2n) is 3.99. The predicted molar refractivity (Wildman–Crippen MR) is 50.1 cm³/mol. The van der Waals surface area contributed by atoms with Gasteiger partial charge in [-0.15, -0.1) is 0 Å². The molecule has 7 nitrogen and oxygen atoms in total. The molecule has 1 atom stereocenters. The number of quaternary nitrogens is 1. The highest BCUT2D eigenvalue weighted by atomic mass is 31.2. The molecule has 0 heterocycles. The van der Waals surface area contributed by atoms with Crippen molar-refractivity contribution in [3.05, 3.63) is 0 Å². The van der Waals surface area contributed by atoms with Crippen molar-refractivity contribution in [3.8, 4) is 0 Å². The first-order chi connectivity index (χ1) is 6.62. The number of rotatable bonds is 7. The Morgan fingerprint density at radius 2 is 1.93 bits per heavy atom. The molecule has 0 aromatic heterocycles. The molecule has 15 heavy (non-hydrogen) atoms. The second-order valence-corrected chi connectivity index (χ2v) is 5.40. The second kappa shape index (κ2) is 5.58. The lowest BCUT2D eigenvalue weighted by molar-refractivity contribution is -0.870. The lowest BCUT2D eigenvalue weighted by Gasteiger charge is -2.27. The van der Waals surface area contributed by atoms with E-state index in [4.69, 9.17) is 5.41 Å². The first-order valence-electron chi connectivity index (χ1n) is 4.27. The van der Waals surface area contributed by atoms with E-state index in [2.05, 4.69) is 9.05 Å². The molecular weight excluding hydrogens is 223 g/mol. The lowest BCUT2D eigenvalue weighted by atomic mass is 10.5. The van der Waals surface area contributed by atoms with Gasteiger partial charge in [0.2, 0.25) is 0 Å². The van der Waals surface area contributed by atoms with E-state index < -0.39 is 20.3 Å². The number of nitrogens with zero attached hydrogens (tertiary/aromatic N) is 1. The number of phosphoric ester groups is 1. The van der Waals surface area contributed by atoms with E-state index in [0.29, 0.717) is 11.0 Å². The third-order valence-corrected chi connectivity index (χ3v) is 2.31. The molecular formula is C7H16N2O5P-. The van der Waals surface area contributed by atoms with Crippen LogP contribution in [0.15, 0.2) is 0 Å². The number of nitrogens with one attached hydrogen (secondary N) is 1. The SMILES string of the molecule is C[N+](C)(C)CCOP(=O)([O-])OCC(=N)[O-]. The normalized spacial score (nSPS) is 16.0. The molecule has 0 aromatic rings. The maximum absolute atomic E-state index is 11.0. The third kappa shape index (κ3) is 9.84. The zero-order valence-electron chi connectivity index (χ0n) is 9.06. The van der Waals surface area contributed by atoms with Crippen molar-refractivity contribution in [2.24, 2.45) is 0 Å². The first-order valence-corrected chi connectivity index (χ1v) is 5.73. The number of hydrogen-bond donors (Lipinski definition) is 1. The Kier molecular flexibility index (Phi) is 5.41. The van der Waals surface area contributed by atoms with Crippen molar-refractivity contribution < 1.29 is 28.1 Å². The number of phosphoric acid groups is 1. The Hall–Kier alpha value is -0.460. The van der Waals surface area contributed by atoms with E-state index in [0.717, 1.165) is 0 Å². The maximum Gasteiger partial charge on any atom is 0.268 e. The van der Waals surface area contributed by atoms with Crippen LogP contribution in [0.2, 0.25) is 0 Å². The summed E-state index contributed by atoms with van der Waals surface area (Å²) in [7, 11) is 1.21. The maximum atomic E-state index is 11.0. The van der Waals surface area contributed by atoms with E-state index in [-0.39, 0.29) is 6.61 Å². The van der Waals surface area contributed by atoms with Gasteiger partial charge >= 0.3 is 0 Å². The Morgan fingerprint density at radius 3 is 2.33 bits per heavy atom. The quantitative estimate of drug-likeness (QED) is 0.253. The highest BCUT2D eigenvalue weighted by Gasteiger charge is 2.12. The fraction of sp³-hybridized carbons (Fsp3) is 0.857. The summed E-state index contributed by atoms with van der Waals surface area (Å²) < 4.78 is 20.1. The molecule has 0 aliphatic heterocycles. The first kappa shape index (κ1) is 14.5. The minimum atomic E-state index is -4.43. The van der Waals surface area contributed by atoms with Gasteiger partial charge in [0.15, 0.2) is 0 Å². The van der Waals surface area contributed by atoms with Gasteiger partial charge in [-0.2, -0.15) is 0 Å². The van der Waals surface area contributed by atoms with Crippen LogP contribution in [0, 0.1) is 5.41 Å². The average molecular weight is 239 g/mol. The van der Waals surface area contributed by atoms with Gasteiger partial charge in [-0.3, -0.25) is 4.57 Å². The lowest BCUT2D eigenvalue weighted by Crippen LogP contribution is -2.37. The van der Waals surface area contributed by atoms with Crippen molar-refractivity contribution in [1.82, 2.24) is 0 Å². The molecule has 8 heteroatoms. The van der Waals surface area contributed by atoms with Crippen LogP contribution < -0.4 is 10.00 Å². The summed E-state index contributed by atoms with van der Waals surface area (Å²) in [6.07, 6.45) is 0. The average Bonchev–Trinajstić information content (AvgIpc) is 1.98. The molecule has 0 bridgehead atoms. The summed E-state index contributed by atoms with van der Waals surface area (Å²) in [4.78, 5) is 11.0. The molecule has 1 N–H and O–H groups in total. The molecule has 0 aromatic carbocycles. The van der Waals surface area contributed by atoms with Gasteiger partial charge in [0.25, 0.3) is 7.82 Å². The molecule has 0 rings (SSSR count).